The van der Waals surface area contributed by atoms with Gasteiger partial charge in [-0.15, -0.1) is 0 Å². The first-order chi connectivity index (χ1) is 7.61. The van der Waals surface area contributed by atoms with Gasteiger partial charge in [-0.2, -0.15) is 0 Å². The van der Waals surface area contributed by atoms with Gasteiger partial charge in [0.05, 0.1) is 11.1 Å². The number of halogens is 1. The number of hydrogen-bond acceptors (Lipinski definition) is 3. The third-order valence-corrected chi connectivity index (χ3v) is 3.45. The van der Waals surface area contributed by atoms with Crippen LogP contribution in [0.2, 0.25) is 5.15 Å². The van der Waals surface area contributed by atoms with Gasteiger partial charge in [-0.05, 0) is 24.3 Å². The second-order valence-electron chi connectivity index (χ2n) is 3.29. The van der Waals surface area contributed by atoms with E-state index in [1.54, 1.807) is 30.5 Å². The van der Waals surface area contributed by atoms with Crippen molar-refractivity contribution < 1.29 is 9.00 Å². The van der Waals surface area contributed by atoms with Crippen molar-refractivity contribution in [3.63, 3.8) is 0 Å². The lowest BCUT2D eigenvalue weighted by atomic mass is 10.2. The van der Waals surface area contributed by atoms with E-state index in [0.29, 0.717) is 22.3 Å². The number of pyridine rings is 1. The maximum atomic E-state index is 11.3. The molecule has 16 heavy (non-hydrogen) atoms. The first-order valence-corrected chi connectivity index (χ1v) is 6.44. The molecule has 1 heterocycles. The zero-order chi connectivity index (χ0) is 11.7. The monoisotopic (exact) mass is 253 g/mol. The van der Waals surface area contributed by atoms with Crippen LogP contribution in [0.1, 0.15) is 10.4 Å². The number of carbonyl (C=O) groups excluding carboxylic acids is 1. The fourth-order valence-corrected chi connectivity index (χ4v) is 2.15. The lowest BCUT2D eigenvalue weighted by molar-refractivity contribution is 0.112. The van der Waals surface area contributed by atoms with E-state index in [4.69, 9.17) is 11.6 Å². The Hall–Kier alpha value is -1.26. The third kappa shape index (κ3) is 1.99. The fourth-order valence-electron chi connectivity index (χ4n) is 1.41. The average Bonchev–Trinajstić information content (AvgIpc) is 2.27. The zero-order valence-corrected chi connectivity index (χ0v) is 10.0. The molecule has 0 N–H and O–H groups in total. The second kappa shape index (κ2) is 4.31. The van der Waals surface area contributed by atoms with Crippen LogP contribution in [0.15, 0.2) is 29.2 Å². The summed E-state index contributed by atoms with van der Waals surface area (Å²) in [5, 5.41) is 0.951. The minimum absolute atomic E-state index is 0.188. The van der Waals surface area contributed by atoms with Crippen LogP contribution in [0.3, 0.4) is 0 Å². The summed E-state index contributed by atoms with van der Waals surface area (Å²) in [6.07, 6.45) is 2.26. The highest BCUT2D eigenvalue weighted by Crippen LogP contribution is 2.21. The van der Waals surface area contributed by atoms with Gasteiger partial charge in [0, 0.05) is 27.3 Å². The van der Waals surface area contributed by atoms with Gasteiger partial charge >= 0.3 is 0 Å². The fraction of sp³-hybridized carbons (Fsp3) is 0.0909. The largest absolute Gasteiger partial charge is 0.298 e. The SMILES string of the molecule is CS(=O)c1ccc2nc(Cl)c(C=O)cc2c1. The lowest BCUT2D eigenvalue weighted by Crippen LogP contribution is -1.91. The number of benzene rings is 1. The van der Waals surface area contributed by atoms with Gasteiger partial charge in [0.25, 0.3) is 0 Å². The molecule has 0 fully saturated rings. The summed E-state index contributed by atoms with van der Waals surface area (Å²) in [7, 11) is -1.05. The van der Waals surface area contributed by atoms with Crippen LogP contribution < -0.4 is 0 Å². The number of nitrogens with zero attached hydrogens (tertiary/aromatic N) is 1. The molecule has 0 aliphatic carbocycles. The molecule has 0 aliphatic rings. The Balaban J connectivity index is 2.72. The second-order valence-corrected chi connectivity index (χ2v) is 5.03. The third-order valence-electron chi connectivity index (χ3n) is 2.23. The van der Waals surface area contributed by atoms with Crippen LogP contribution in [-0.4, -0.2) is 21.7 Å². The van der Waals surface area contributed by atoms with E-state index >= 15 is 0 Å². The molecule has 0 amide bonds. The van der Waals surface area contributed by atoms with Crippen molar-refractivity contribution in [2.75, 3.05) is 6.26 Å². The van der Waals surface area contributed by atoms with Crippen LogP contribution in [0.25, 0.3) is 10.9 Å². The molecule has 1 aromatic carbocycles. The van der Waals surface area contributed by atoms with E-state index in [-0.39, 0.29) is 5.15 Å². The molecule has 1 unspecified atom stereocenters. The molecule has 1 aromatic heterocycles. The van der Waals surface area contributed by atoms with Gasteiger partial charge in [0.15, 0.2) is 6.29 Å². The molecule has 0 bridgehead atoms. The molecule has 2 rings (SSSR count). The normalized spacial score (nSPS) is 12.6. The molecule has 0 saturated heterocycles. The van der Waals surface area contributed by atoms with Crippen molar-refractivity contribution >= 4 is 39.6 Å². The lowest BCUT2D eigenvalue weighted by Gasteiger charge is -2.02. The van der Waals surface area contributed by atoms with E-state index < -0.39 is 10.8 Å². The molecule has 0 saturated carbocycles. The zero-order valence-electron chi connectivity index (χ0n) is 8.44. The number of aldehydes is 1. The van der Waals surface area contributed by atoms with E-state index in [9.17, 15) is 9.00 Å². The van der Waals surface area contributed by atoms with Gasteiger partial charge in [0.1, 0.15) is 5.15 Å². The Morgan fingerprint density at radius 2 is 2.12 bits per heavy atom. The number of rotatable bonds is 2. The molecular formula is C11H8ClNO2S. The van der Waals surface area contributed by atoms with Crippen LogP contribution in [0, 0.1) is 0 Å². The highest BCUT2D eigenvalue weighted by Gasteiger charge is 2.05. The van der Waals surface area contributed by atoms with Crippen molar-refractivity contribution in [1.82, 2.24) is 4.98 Å². The summed E-state index contributed by atoms with van der Waals surface area (Å²) in [5.41, 5.74) is 1.03. The topological polar surface area (TPSA) is 47.0 Å². The van der Waals surface area contributed by atoms with Crippen molar-refractivity contribution in [1.29, 1.82) is 0 Å². The highest BCUT2D eigenvalue weighted by molar-refractivity contribution is 7.84. The quantitative estimate of drug-likeness (QED) is 0.610. The maximum absolute atomic E-state index is 11.3. The Bertz CT molecular complexity index is 598. The van der Waals surface area contributed by atoms with Gasteiger partial charge in [-0.25, -0.2) is 4.98 Å². The highest BCUT2D eigenvalue weighted by atomic mass is 35.5. The first-order valence-electron chi connectivity index (χ1n) is 4.50. The molecule has 3 nitrogen and oxygen atoms in total. The van der Waals surface area contributed by atoms with Crippen molar-refractivity contribution in [2.24, 2.45) is 0 Å². The average molecular weight is 254 g/mol. The molecule has 2 aromatic rings. The molecule has 0 radical (unpaired) electrons. The maximum Gasteiger partial charge on any atom is 0.153 e. The minimum Gasteiger partial charge on any atom is -0.298 e. The van der Waals surface area contributed by atoms with Crippen molar-refractivity contribution in [3.8, 4) is 0 Å². The molecule has 5 heteroatoms. The van der Waals surface area contributed by atoms with Crippen molar-refractivity contribution in [2.45, 2.75) is 4.90 Å². The number of hydrogen-bond donors (Lipinski definition) is 0. The van der Waals surface area contributed by atoms with Gasteiger partial charge < -0.3 is 0 Å². The van der Waals surface area contributed by atoms with Gasteiger partial charge in [0.2, 0.25) is 0 Å². The number of aromatic nitrogens is 1. The summed E-state index contributed by atoms with van der Waals surface area (Å²) in [5.74, 6) is 0. The van der Waals surface area contributed by atoms with Crippen LogP contribution in [0.4, 0.5) is 0 Å². The van der Waals surface area contributed by atoms with E-state index in [2.05, 4.69) is 4.98 Å². The van der Waals surface area contributed by atoms with Crippen molar-refractivity contribution in [3.05, 3.63) is 35.0 Å². The standard InChI is InChI=1S/C11H8ClNO2S/c1-16(15)9-2-3-10-7(5-9)4-8(6-14)11(12)13-10/h2-6H,1H3. The number of fused-ring (bicyclic) bond motifs is 1. The predicted octanol–water partition coefficient (Wildman–Crippen LogP) is 2.44. The Morgan fingerprint density at radius 3 is 2.75 bits per heavy atom. The molecule has 1 atom stereocenters. The van der Waals surface area contributed by atoms with E-state index in [0.717, 1.165) is 5.39 Å². The molecular weight excluding hydrogens is 246 g/mol. The van der Waals surface area contributed by atoms with Gasteiger partial charge in [-0.3, -0.25) is 9.00 Å². The Labute approximate surface area is 99.9 Å². The summed E-state index contributed by atoms with van der Waals surface area (Å²) in [6.45, 7) is 0. The molecule has 0 aliphatic heterocycles. The summed E-state index contributed by atoms with van der Waals surface area (Å²) < 4.78 is 11.3. The Morgan fingerprint density at radius 1 is 1.38 bits per heavy atom. The van der Waals surface area contributed by atoms with Gasteiger partial charge in [-0.1, -0.05) is 11.6 Å². The summed E-state index contributed by atoms with van der Waals surface area (Å²) in [6, 6.07) is 6.88. The van der Waals surface area contributed by atoms with Crippen LogP contribution in [-0.2, 0) is 10.8 Å². The summed E-state index contributed by atoms with van der Waals surface area (Å²) in [4.78, 5) is 15.5. The van der Waals surface area contributed by atoms with Crippen LogP contribution in [0.5, 0.6) is 0 Å². The number of carbonyl (C=O) groups is 1. The van der Waals surface area contributed by atoms with E-state index in [1.165, 1.54) is 0 Å². The summed E-state index contributed by atoms with van der Waals surface area (Å²) >= 11 is 5.80. The van der Waals surface area contributed by atoms with E-state index in [1.807, 2.05) is 0 Å². The predicted molar refractivity (Wildman–Crippen MR) is 64.5 cm³/mol. The molecule has 0 spiro atoms. The minimum atomic E-state index is -1.05. The van der Waals surface area contributed by atoms with Crippen LogP contribution >= 0.6 is 11.6 Å². The Kier molecular flexibility index (Phi) is 3.03. The first kappa shape index (κ1) is 11.2. The molecule has 82 valence electrons. The smallest absolute Gasteiger partial charge is 0.153 e.